The highest BCUT2D eigenvalue weighted by molar-refractivity contribution is 7.92. The Hall–Kier alpha value is -3.14. The van der Waals surface area contributed by atoms with Gasteiger partial charge in [0.1, 0.15) is 18.4 Å². The summed E-state index contributed by atoms with van der Waals surface area (Å²) < 4.78 is 42.2. The maximum absolute atomic E-state index is 14.0. The third kappa shape index (κ3) is 7.53. The first-order valence-electron chi connectivity index (χ1n) is 12.9. The van der Waals surface area contributed by atoms with Crippen molar-refractivity contribution in [2.24, 2.45) is 0 Å². The Morgan fingerprint density at radius 1 is 0.925 bits per heavy atom. The molecule has 2 amide bonds. The minimum absolute atomic E-state index is 0.0187. The van der Waals surface area contributed by atoms with Gasteiger partial charge in [-0.3, -0.25) is 13.9 Å². The minimum Gasteiger partial charge on any atom is -0.352 e. The van der Waals surface area contributed by atoms with E-state index in [1.807, 2.05) is 13.8 Å². The van der Waals surface area contributed by atoms with E-state index in [0.717, 1.165) is 4.31 Å². The van der Waals surface area contributed by atoms with Crippen LogP contribution < -0.4 is 9.62 Å². The molecule has 0 radical (unpaired) electrons. The molecule has 0 aromatic heterocycles. The fourth-order valence-electron chi connectivity index (χ4n) is 4.07. The molecule has 0 unspecified atom stereocenters. The smallest absolute Gasteiger partial charge is 0.264 e. The van der Waals surface area contributed by atoms with Crippen LogP contribution in [0.4, 0.5) is 10.1 Å². The lowest BCUT2D eigenvalue weighted by atomic mass is 10.1. The SMILES string of the molecule is CC[C@H](C(=O)N[C@@H](C)CC)N(Cc1ccc(F)cc1)C(=O)CN(c1cccc(Cl)c1Cl)S(=O)(=O)c1ccccc1. The highest BCUT2D eigenvalue weighted by atomic mass is 35.5. The monoisotopic (exact) mass is 607 g/mol. The maximum Gasteiger partial charge on any atom is 0.264 e. The fourth-order valence-corrected chi connectivity index (χ4v) is 5.96. The molecule has 3 aromatic rings. The van der Waals surface area contributed by atoms with Crippen LogP contribution in [0.2, 0.25) is 10.0 Å². The zero-order chi connectivity index (χ0) is 29.4. The third-order valence-corrected chi connectivity index (χ3v) is 9.05. The van der Waals surface area contributed by atoms with Crippen LogP contribution in [0.1, 0.15) is 39.2 Å². The molecule has 0 saturated heterocycles. The molecule has 0 saturated carbocycles. The first-order valence-corrected chi connectivity index (χ1v) is 15.0. The molecule has 0 heterocycles. The highest BCUT2D eigenvalue weighted by Crippen LogP contribution is 2.35. The second-order valence-electron chi connectivity index (χ2n) is 9.29. The molecule has 3 aromatic carbocycles. The third-order valence-electron chi connectivity index (χ3n) is 6.46. The summed E-state index contributed by atoms with van der Waals surface area (Å²) in [5, 5.41) is 2.98. The Balaban J connectivity index is 2.08. The Bertz CT molecular complexity index is 1420. The van der Waals surface area contributed by atoms with Gasteiger partial charge in [0, 0.05) is 12.6 Å². The normalized spacial score (nSPS) is 12.8. The number of amides is 2. The molecule has 0 aliphatic heterocycles. The molecule has 11 heteroatoms. The lowest BCUT2D eigenvalue weighted by molar-refractivity contribution is -0.140. The number of rotatable bonds is 12. The summed E-state index contributed by atoms with van der Waals surface area (Å²) in [5.41, 5.74) is 0.591. The van der Waals surface area contributed by atoms with Crippen molar-refractivity contribution in [3.63, 3.8) is 0 Å². The van der Waals surface area contributed by atoms with Gasteiger partial charge in [-0.05, 0) is 61.7 Å². The molecule has 40 heavy (non-hydrogen) atoms. The van der Waals surface area contributed by atoms with Crippen LogP contribution >= 0.6 is 23.2 Å². The molecule has 0 aliphatic rings. The number of halogens is 3. The zero-order valence-corrected chi connectivity index (χ0v) is 24.8. The van der Waals surface area contributed by atoms with Gasteiger partial charge in [-0.15, -0.1) is 0 Å². The lowest BCUT2D eigenvalue weighted by Gasteiger charge is -2.34. The number of carbonyl (C=O) groups excluding carboxylic acids is 2. The van der Waals surface area contributed by atoms with E-state index in [-0.39, 0.29) is 45.5 Å². The average molecular weight is 609 g/mol. The number of anilines is 1. The van der Waals surface area contributed by atoms with Crippen molar-refractivity contribution in [2.75, 3.05) is 10.8 Å². The number of hydrogen-bond acceptors (Lipinski definition) is 4. The number of sulfonamides is 1. The molecule has 0 bridgehead atoms. The molecule has 0 spiro atoms. The van der Waals surface area contributed by atoms with E-state index in [9.17, 15) is 22.4 Å². The summed E-state index contributed by atoms with van der Waals surface area (Å²) in [7, 11) is -4.28. The highest BCUT2D eigenvalue weighted by Gasteiger charge is 2.34. The Morgan fingerprint density at radius 3 is 2.17 bits per heavy atom. The predicted octanol–water partition coefficient (Wildman–Crippen LogP) is 6.05. The number of benzene rings is 3. The van der Waals surface area contributed by atoms with Crippen LogP contribution in [0.3, 0.4) is 0 Å². The second kappa shape index (κ2) is 14.0. The van der Waals surface area contributed by atoms with Gasteiger partial charge in [0.25, 0.3) is 10.0 Å². The molecular formula is C29H32Cl2FN3O4S. The average Bonchev–Trinajstić information content (AvgIpc) is 2.94. The summed E-state index contributed by atoms with van der Waals surface area (Å²) in [5.74, 6) is -1.46. The first-order chi connectivity index (χ1) is 19.0. The number of nitrogens with zero attached hydrogens (tertiary/aromatic N) is 2. The van der Waals surface area contributed by atoms with Gasteiger partial charge >= 0.3 is 0 Å². The van der Waals surface area contributed by atoms with E-state index in [2.05, 4.69) is 5.32 Å². The van der Waals surface area contributed by atoms with Crippen LogP contribution in [0.5, 0.6) is 0 Å². The van der Waals surface area contributed by atoms with Gasteiger partial charge in [-0.25, -0.2) is 12.8 Å². The molecule has 2 atom stereocenters. The van der Waals surface area contributed by atoms with Gasteiger partial charge in [-0.2, -0.15) is 0 Å². The number of nitrogens with one attached hydrogen (secondary N) is 1. The Kier molecular flexibility index (Phi) is 11.0. The van der Waals surface area contributed by atoms with Crippen molar-refractivity contribution in [2.45, 2.75) is 57.1 Å². The number of hydrogen-bond donors (Lipinski definition) is 1. The first kappa shape index (κ1) is 31.4. The van der Waals surface area contributed by atoms with Gasteiger partial charge in [0.2, 0.25) is 11.8 Å². The van der Waals surface area contributed by atoms with E-state index < -0.39 is 34.3 Å². The Labute approximate surface area is 244 Å². The van der Waals surface area contributed by atoms with Crippen LogP contribution in [0.25, 0.3) is 0 Å². The van der Waals surface area contributed by atoms with Gasteiger partial charge < -0.3 is 10.2 Å². The summed E-state index contributed by atoms with van der Waals surface area (Å²) in [6.45, 7) is 4.83. The zero-order valence-electron chi connectivity index (χ0n) is 22.5. The van der Waals surface area contributed by atoms with Gasteiger partial charge in [-0.1, -0.05) is 73.4 Å². The van der Waals surface area contributed by atoms with E-state index in [0.29, 0.717) is 12.0 Å². The van der Waals surface area contributed by atoms with Crippen molar-refractivity contribution < 1.29 is 22.4 Å². The van der Waals surface area contributed by atoms with Crippen LogP contribution in [-0.2, 0) is 26.2 Å². The lowest BCUT2D eigenvalue weighted by Crippen LogP contribution is -2.53. The molecular weight excluding hydrogens is 576 g/mol. The summed E-state index contributed by atoms with van der Waals surface area (Å²) in [6.07, 6.45) is 0.947. The Morgan fingerprint density at radius 2 is 1.57 bits per heavy atom. The van der Waals surface area contributed by atoms with Crippen LogP contribution in [-0.4, -0.2) is 43.8 Å². The summed E-state index contributed by atoms with van der Waals surface area (Å²) in [4.78, 5) is 28.6. The molecule has 214 valence electrons. The largest absolute Gasteiger partial charge is 0.352 e. The van der Waals surface area contributed by atoms with Crippen molar-refractivity contribution in [1.82, 2.24) is 10.2 Å². The second-order valence-corrected chi connectivity index (χ2v) is 11.9. The van der Waals surface area contributed by atoms with E-state index >= 15 is 0 Å². The quantitative estimate of drug-likeness (QED) is 0.271. The van der Waals surface area contributed by atoms with Crippen LogP contribution in [0, 0.1) is 5.82 Å². The number of carbonyl (C=O) groups is 2. The van der Waals surface area contributed by atoms with Crippen molar-refractivity contribution >= 4 is 50.7 Å². The van der Waals surface area contributed by atoms with Gasteiger partial charge in [0.15, 0.2) is 0 Å². The summed E-state index contributed by atoms with van der Waals surface area (Å²) >= 11 is 12.7. The van der Waals surface area contributed by atoms with Crippen molar-refractivity contribution in [3.05, 3.63) is 94.2 Å². The maximum atomic E-state index is 14.0. The summed E-state index contributed by atoms with van der Waals surface area (Å²) in [6, 6.07) is 16.6. The molecule has 3 rings (SSSR count). The molecule has 0 aliphatic carbocycles. The topological polar surface area (TPSA) is 86.8 Å². The van der Waals surface area contributed by atoms with Crippen LogP contribution in [0.15, 0.2) is 77.7 Å². The molecule has 0 fully saturated rings. The van der Waals surface area contributed by atoms with Gasteiger partial charge in [0.05, 0.1) is 20.6 Å². The predicted molar refractivity (Wildman–Crippen MR) is 156 cm³/mol. The molecule has 7 nitrogen and oxygen atoms in total. The van der Waals surface area contributed by atoms with E-state index in [1.54, 1.807) is 25.1 Å². The van der Waals surface area contributed by atoms with E-state index in [4.69, 9.17) is 23.2 Å². The van der Waals surface area contributed by atoms with E-state index in [1.165, 1.54) is 59.5 Å². The standard InChI is InChI=1S/C29H32Cl2FN3O4S/c1-4-20(3)33-29(37)25(5-2)34(18-21-14-16-22(32)17-15-21)27(36)19-35(26-13-9-12-24(30)28(26)31)40(38,39)23-10-7-6-8-11-23/h6-17,20,25H,4-5,18-19H2,1-3H3,(H,33,37)/t20-,25+/m0/s1. The minimum atomic E-state index is -4.28. The fraction of sp³-hybridized carbons (Fsp3) is 0.310. The molecule has 1 N–H and O–H groups in total. The van der Waals surface area contributed by atoms with Crippen molar-refractivity contribution in [3.8, 4) is 0 Å². The van der Waals surface area contributed by atoms with Crippen molar-refractivity contribution in [1.29, 1.82) is 0 Å².